The highest BCUT2D eigenvalue weighted by molar-refractivity contribution is 5.98. The molecule has 4 aliphatic heterocycles. The van der Waals surface area contributed by atoms with E-state index in [1.807, 2.05) is 6.07 Å². The predicted octanol–water partition coefficient (Wildman–Crippen LogP) is 3.23. The molecular weight excluding hydrogens is 474 g/mol. The molecule has 0 radical (unpaired) electrons. The number of hydrogen-bond acceptors (Lipinski definition) is 6. The second-order valence-electron chi connectivity index (χ2n) is 11.9. The lowest BCUT2D eigenvalue weighted by Crippen LogP contribution is -2.46. The molecule has 2 aromatic rings. The first kappa shape index (κ1) is 25.8. The van der Waals surface area contributed by atoms with Crippen LogP contribution in [0.1, 0.15) is 64.2 Å². The highest BCUT2D eigenvalue weighted by Crippen LogP contribution is 2.34. The van der Waals surface area contributed by atoms with Crippen LogP contribution < -0.4 is 5.32 Å². The first-order valence-corrected chi connectivity index (χ1v) is 14.6. The molecule has 1 unspecified atom stereocenters. The van der Waals surface area contributed by atoms with Gasteiger partial charge in [0.1, 0.15) is 5.75 Å². The van der Waals surface area contributed by atoms with Gasteiger partial charge in [0.25, 0.3) is 5.91 Å². The van der Waals surface area contributed by atoms with E-state index in [4.69, 9.17) is 0 Å². The molecule has 0 saturated carbocycles. The van der Waals surface area contributed by atoms with Gasteiger partial charge < -0.3 is 20.2 Å². The molecule has 7 nitrogen and oxygen atoms in total. The minimum absolute atomic E-state index is 0.218. The van der Waals surface area contributed by atoms with Crippen LogP contribution in [0.3, 0.4) is 0 Å². The van der Waals surface area contributed by atoms with Crippen molar-refractivity contribution in [1.29, 1.82) is 0 Å². The number of hydrogen-bond donors (Lipinski definition) is 2. The van der Waals surface area contributed by atoms with Crippen LogP contribution in [0.5, 0.6) is 5.75 Å². The Balaban J connectivity index is 1.04. The Labute approximate surface area is 227 Å². The number of nitrogens with one attached hydrogen (secondary N) is 1. The number of likely N-dealkylation sites (tertiary alicyclic amines) is 1. The number of piperazine rings is 1. The minimum atomic E-state index is 0.218. The van der Waals surface area contributed by atoms with Gasteiger partial charge in [0.15, 0.2) is 0 Å². The van der Waals surface area contributed by atoms with Crippen LogP contribution >= 0.6 is 0 Å². The Morgan fingerprint density at radius 2 is 1.71 bits per heavy atom. The number of amides is 1. The quantitative estimate of drug-likeness (QED) is 0.614. The fourth-order valence-corrected chi connectivity index (χ4v) is 6.80. The Morgan fingerprint density at radius 1 is 0.921 bits per heavy atom. The van der Waals surface area contributed by atoms with Crippen molar-refractivity contribution in [2.75, 3.05) is 59.4 Å². The van der Waals surface area contributed by atoms with E-state index in [0.717, 1.165) is 109 Å². The minimum Gasteiger partial charge on any atom is -0.508 e. The molecule has 4 heterocycles. The second-order valence-corrected chi connectivity index (χ2v) is 11.9. The normalized spacial score (nSPS) is 24.2. The Kier molecular flexibility index (Phi) is 7.70. The first-order chi connectivity index (χ1) is 18.5. The highest BCUT2D eigenvalue weighted by Gasteiger charge is 2.34. The first-order valence-electron chi connectivity index (χ1n) is 14.6. The summed E-state index contributed by atoms with van der Waals surface area (Å²) < 4.78 is 0. The topological polar surface area (TPSA) is 62.3 Å². The maximum atomic E-state index is 13.0. The number of nitrogens with zero attached hydrogens (tertiary/aromatic N) is 4. The van der Waals surface area contributed by atoms with Crippen LogP contribution in [0.15, 0.2) is 36.4 Å². The zero-order chi connectivity index (χ0) is 26.1. The van der Waals surface area contributed by atoms with Crippen LogP contribution in [-0.2, 0) is 19.6 Å². The molecule has 3 fully saturated rings. The summed E-state index contributed by atoms with van der Waals surface area (Å²) in [7, 11) is 2.17. The smallest absolute Gasteiger partial charge is 0.254 e. The van der Waals surface area contributed by atoms with E-state index in [1.54, 1.807) is 0 Å². The van der Waals surface area contributed by atoms with E-state index >= 15 is 0 Å². The fraction of sp³-hybridized carbons (Fsp3) is 0.581. The van der Waals surface area contributed by atoms with E-state index in [0.29, 0.717) is 17.7 Å². The Morgan fingerprint density at radius 3 is 2.47 bits per heavy atom. The van der Waals surface area contributed by atoms with Crippen molar-refractivity contribution in [3.8, 4) is 5.75 Å². The van der Waals surface area contributed by atoms with Gasteiger partial charge in [-0.15, -0.1) is 0 Å². The lowest BCUT2D eigenvalue weighted by molar-refractivity contribution is 0.0674. The third kappa shape index (κ3) is 5.62. The van der Waals surface area contributed by atoms with Crippen molar-refractivity contribution in [3.05, 3.63) is 64.2 Å². The van der Waals surface area contributed by atoms with E-state index in [1.165, 1.54) is 16.7 Å². The number of rotatable bonds is 6. The van der Waals surface area contributed by atoms with Crippen LogP contribution in [-0.4, -0.2) is 96.1 Å². The van der Waals surface area contributed by atoms with Gasteiger partial charge in [0, 0.05) is 69.5 Å². The van der Waals surface area contributed by atoms with Crippen molar-refractivity contribution in [2.45, 2.75) is 57.3 Å². The standard InChI is InChI=1S/C31H43N5O2/c1-33-13-15-35(16-14-33)21-27-17-23(4-7-30(27)37)20-34-11-8-24(9-12-34)25-5-6-29-26(18-25)22-36(31(29)38)28-3-2-10-32-19-28/h4-7,17-18,24,28,32,37H,2-3,8-16,19-22H2,1H3. The zero-order valence-electron chi connectivity index (χ0n) is 22.9. The number of carbonyl (C=O) groups is 1. The molecule has 2 aromatic carbocycles. The summed E-state index contributed by atoms with van der Waals surface area (Å²) in [5.74, 6) is 1.19. The second kappa shape index (κ2) is 11.3. The molecule has 0 aromatic heterocycles. The third-order valence-corrected chi connectivity index (χ3v) is 9.27. The Bertz CT molecular complexity index is 1130. The number of phenolic OH excluding ortho intramolecular Hbond substituents is 1. The van der Waals surface area contributed by atoms with Crippen LogP contribution in [0.25, 0.3) is 0 Å². The lowest BCUT2D eigenvalue weighted by atomic mass is 9.87. The summed E-state index contributed by atoms with van der Waals surface area (Å²) in [6, 6.07) is 13.1. The van der Waals surface area contributed by atoms with E-state index in [-0.39, 0.29) is 5.91 Å². The average Bonchev–Trinajstić information content (AvgIpc) is 3.28. The van der Waals surface area contributed by atoms with E-state index < -0.39 is 0 Å². The van der Waals surface area contributed by atoms with Gasteiger partial charge in [-0.25, -0.2) is 0 Å². The molecule has 0 spiro atoms. The number of fused-ring (bicyclic) bond motifs is 1. The average molecular weight is 518 g/mol. The highest BCUT2D eigenvalue weighted by atomic mass is 16.3. The Hall–Kier alpha value is -2.45. The molecule has 4 aliphatic rings. The molecule has 7 heteroatoms. The van der Waals surface area contributed by atoms with Crippen molar-refractivity contribution in [1.82, 2.24) is 24.9 Å². The van der Waals surface area contributed by atoms with Crippen molar-refractivity contribution in [2.24, 2.45) is 0 Å². The molecule has 1 amide bonds. The van der Waals surface area contributed by atoms with Crippen LogP contribution in [0, 0.1) is 0 Å². The summed E-state index contributed by atoms with van der Waals surface area (Å²) >= 11 is 0. The summed E-state index contributed by atoms with van der Waals surface area (Å²) in [6.45, 7) is 11.0. The summed E-state index contributed by atoms with van der Waals surface area (Å²) in [5, 5.41) is 13.9. The van der Waals surface area contributed by atoms with E-state index in [2.05, 4.69) is 62.3 Å². The molecule has 0 aliphatic carbocycles. The van der Waals surface area contributed by atoms with Gasteiger partial charge in [-0.05, 0) is 93.2 Å². The maximum absolute atomic E-state index is 13.0. The number of phenols is 1. The number of aromatic hydroxyl groups is 1. The summed E-state index contributed by atoms with van der Waals surface area (Å²) in [5.41, 5.74) is 5.87. The molecule has 0 bridgehead atoms. The number of likely N-dealkylation sites (N-methyl/N-ethyl adjacent to an activating group) is 1. The van der Waals surface area contributed by atoms with Gasteiger partial charge in [-0.2, -0.15) is 0 Å². The summed E-state index contributed by atoms with van der Waals surface area (Å²) in [4.78, 5) is 22.5. The van der Waals surface area contributed by atoms with Gasteiger partial charge in [0.05, 0.1) is 0 Å². The van der Waals surface area contributed by atoms with Crippen molar-refractivity contribution >= 4 is 5.91 Å². The molecule has 3 saturated heterocycles. The molecule has 2 N–H and O–H groups in total. The molecule has 1 atom stereocenters. The molecular formula is C31H43N5O2. The fourth-order valence-electron chi connectivity index (χ4n) is 6.80. The molecule has 204 valence electrons. The largest absolute Gasteiger partial charge is 0.508 e. The zero-order valence-corrected chi connectivity index (χ0v) is 22.9. The molecule has 38 heavy (non-hydrogen) atoms. The number of carbonyl (C=O) groups excluding carboxylic acids is 1. The van der Waals surface area contributed by atoms with Gasteiger partial charge in [-0.1, -0.05) is 18.2 Å². The van der Waals surface area contributed by atoms with Crippen molar-refractivity contribution in [3.63, 3.8) is 0 Å². The SMILES string of the molecule is CN1CCN(Cc2cc(CN3CCC(c4ccc5c(c4)CN(C4CCCNC4)C5=O)CC3)ccc2O)CC1. The maximum Gasteiger partial charge on any atom is 0.254 e. The van der Waals surface area contributed by atoms with Gasteiger partial charge in [0.2, 0.25) is 0 Å². The van der Waals surface area contributed by atoms with E-state index in [9.17, 15) is 9.90 Å². The summed E-state index contributed by atoms with van der Waals surface area (Å²) in [6.07, 6.45) is 4.55. The monoisotopic (exact) mass is 517 g/mol. The molecule has 6 rings (SSSR count). The lowest BCUT2D eigenvalue weighted by Gasteiger charge is -2.33. The van der Waals surface area contributed by atoms with Crippen LogP contribution in [0.2, 0.25) is 0 Å². The van der Waals surface area contributed by atoms with Gasteiger partial charge >= 0.3 is 0 Å². The third-order valence-electron chi connectivity index (χ3n) is 9.27. The van der Waals surface area contributed by atoms with Gasteiger partial charge in [-0.3, -0.25) is 14.6 Å². The predicted molar refractivity (Wildman–Crippen MR) is 150 cm³/mol. The van der Waals surface area contributed by atoms with Crippen molar-refractivity contribution < 1.29 is 9.90 Å². The number of piperidine rings is 2. The number of benzene rings is 2. The van der Waals surface area contributed by atoms with Crippen LogP contribution in [0.4, 0.5) is 0 Å².